The Labute approximate surface area is 166 Å². The summed E-state index contributed by atoms with van der Waals surface area (Å²) in [6.45, 7) is 0.336. The highest BCUT2D eigenvalue weighted by atomic mass is 32.1. The van der Waals surface area contributed by atoms with Gasteiger partial charge in [0.15, 0.2) is 0 Å². The third kappa shape index (κ3) is 3.61. The molecule has 1 fully saturated rings. The van der Waals surface area contributed by atoms with E-state index in [1.165, 1.54) is 0 Å². The van der Waals surface area contributed by atoms with Gasteiger partial charge in [0.2, 0.25) is 11.8 Å². The Balaban J connectivity index is 1.44. The summed E-state index contributed by atoms with van der Waals surface area (Å²) in [6.07, 6.45) is 1.95. The van der Waals surface area contributed by atoms with Crippen LogP contribution in [0, 0.1) is 5.92 Å². The van der Waals surface area contributed by atoms with E-state index in [0.717, 1.165) is 10.6 Å². The fourth-order valence-corrected chi connectivity index (χ4v) is 3.92. The molecule has 0 bridgehead atoms. The van der Waals surface area contributed by atoms with Crippen molar-refractivity contribution in [1.82, 2.24) is 4.98 Å². The van der Waals surface area contributed by atoms with Gasteiger partial charge < -0.3 is 15.0 Å². The van der Waals surface area contributed by atoms with E-state index < -0.39 is 5.92 Å². The number of nitrogens with one attached hydrogen (secondary N) is 1. The third-order valence-corrected chi connectivity index (χ3v) is 5.53. The highest BCUT2D eigenvalue weighted by Gasteiger charge is 2.36. The van der Waals surface area contributed by atoms with Crippen LogP contribution in [0.2, 0.25) is 0 Å². The lowest BCUT2D eigenvalue weighted by molar-refractivity contribution is -0.122. The van der Waals surface area contributed by atoms with Crippen molar-refractivity contribution in [3.63, 3.8) is 0 Å². The number of para-hydroxylation sites is 2. The molecular weight excluding hydrogens is 374 g/mol. The summed E-state index contributed by atoms with van der Waals surface area (Å²) < 4.78 is 5.34. The number of thiazole rings is 1. The predicted octanol–water partition coefficient (Wildman–Crippen LogP) is 3.81. The van der Waals surface area contributed by atoms with Gasteiger partial charge in [-0.15, -0.1) is 11.3 Å². The highest BCUT2D eigenvalue weighted by Crippen LogP contribution is 2.33. The summed E-state index contributed by atoms with van der Waals surface area (Å²) in [5.41, 5.74) is 2.40. The molecule has 0 radical (unpaired) electrons. The average Bonchev–Trinajstić information content (AvgIpc) is 3.38. The summed E-state index contributed by atoms with van der Waals surface area (Å²) in [4.78, 5) is 31.0. The van der Waals surface area contributed by atoms with E-state index in [1.807, 2.05) is 47.8 Å². The summed E-state index contributed by atoms with van der Waals surface area (Å²) in [5.74, 6) is -0.0257. The van der Waals surface area contributed by atoms with Crippen molar-refractivity contribution in [2.75, 3.05) is 23.9 Å². The number of carbonyl (C=O) groups is 2. The zero-order valence-corrected chi connectivity index (χ0v) is 16.1. The predicted molar refractivity (Wildman–Crippen MR) is 110 cm³/mol. The number of hydrogen-bond donors (Lipinski definition) is 1. The van der Waals surface area contributed by atoms with Crippen molar-refractivity contribution in [1.29, 1.82) is 0 Å². The van der Waals surface area contributed by atoms with E-state index in [4.69, 9.17) is 4.74 Å². The molecule has 6 nitrogen and oxygen atoms in total. The SMILES string of the molecule is COc1ccccc1N1C[C@H](C(=O)Nc2ccc(-c3nccs3)cc2)CC1=O. The minimum atomic E-state index is -0.406. The van der Waals surface area contributed by atoms with Crippen molar-refractivity contribution in [3.8, 4) is 16.3 Å². The molecule has 4 rings (SSSR count). The van der Waals surface area contributed by atoms with Gasteiger partial charge in [0, 0.05) is 35.8 Å². The van der Waals surface area contributed by atoms with E-state index in [2.05, 4.69) is 10.3 Å². The van der Waals surface area contributed by atoms with E-state index >= 15 is 0 Å². The normalized spacial score (nSPS) is 16.2. The first-order valence-corrected chi connectivity index (χ1v) is 9.78. The van der Waals surface area contributed by atoms with Crippen molar-refractivity contribution in [2.45, 2.75) is 6.42 Å². The number of aromatic nitrogens is 1. The quantitative estimate of drug-likeness (QED) is 0.716. The highest BCUT2D eigenvalue weighted by molar-refractivity contribution is 7.13. The molecule has 1 aliphatic heterocycles. The second-order valence-corrected chi connectivity index (χ2v) is 7.38. The van der Waals surface area contributed by atoms with Crippen LogP contribution in [-0.4, -0.2) is 30.5 Å². The molecule has 7 heteroatoms. The molecule has 0 aliphatic carbocycles. The monoisotopic (exact) mass is 393 g/mol. The molecule has 0 unspecified atom stereocenters. The van der Waals surface area contributed by atoms with E-state index in [0.29, 0.717) is 23.7 Å². The standard InChI is InChI=1S/C21H19N3O3S/c1-27-18-5-3-2-4-17(18)24-13-15(12-19(24)25)20(26)23-16-8-6-14(7-9-16)21-22-10-11-28-21/h2-11,15H,12-13H2,1H3,(H,23,26)/t15-/m1/s1. The van der Waals surface area contributed by atoms with Crippen LogP contribution >= 0.6 is 11.3 Å². The molecule has 1 aliphatic rings. The largest absolute Gasteiger partial charge is 0.495 e. The van der Waals surface area contributed by atoms with Crippen LogP contribution in [0.1, 0.15) is 6.42 Å². The first kappa shape index (κ1) is 18.2. The van der Waals surface area contributed by atoms with Crippen LogP contribution in [0.15, 0.2) is 60.1 Å². The topological polar surface area (TPSA) is 71.5 Å². The summed E-state index contributed by atoms with van der Waals surface area (Å²) >= 11 is 1.57. The van der Waals surface area contributed by atoms with E-state index in [-0.39, 0.29) is 18.2 Å². The lowest BCUT2D eigenvalue weighted by Crippen LogP contribution is -2.28. The van der Waals surface area contributed by atoms with Crippen molar-refractivity contribution in [3.05, 3.63) is 60.1 Å². The van der Waals surface area contributed by atoms with Gasteiger partial charge in [-0.1, -0.05) is 12.1 Å². The number of nitrogens with zero attached hydrogens (tertiary/aromatic N) is 2. The molecule has 0 saturated carbocycles. The van der Waals surface area contributed by atoms with Crippen LogP contribution in [0.4, 0.5) is 11.4 Å². The minimum Gasteiger partial charge on any atom is -0.495 e. The average molecular weight is 393 g/mol. The van der Waals surface area contributed by atoms with Gasteiger partial charge >= 0.3 is 0 Å². The lowest BCUT2D eigenvalue weighted by atomic mass is 10.1. The second kappa shape index (κ2) is 7.82. The van der Waals surface area contributed by atoms with Crippen LogP contribution < -0.4 is 15.0 Å². The molecule has 28 heavy (non-hydrogen) atoms. The first-order valence-electron chi connectivity index (χ1n) is 8.90. The van der Waals surface area contributed by atoms with Gasteiger partial charge in [0.1, 0.15) is 10.8 Å². The zero-order chi connectivity index (χ0) is 19.5. The molecule has 2 aromatic carbocycles. The number of hydrogen-bond acceptors (Lipinski definition) is 5. The molecule has 2 heterocycles. The maximum Gasteiger partial charge on any atom is 0.229 e. The maximum atomic E-state index is 12.7. The molecule has 0 spiro atoms. The van der Waals surface area contributed by atoms with Crippen LogP contribution in [0.5, 0.6) is 5.75 Å². The smallest absolute Gasteiger partial charge is 0.229 e. The van der Waals surface area contributed by atoms with E-state index in [1.54, 1.807) is 35.6 Å². The molecular formula is C21H19N3O3S. The fraction of sp³-hybridized carbons (Fsp3) is 0.190. The number of amides is 2. The summed E-state index contributed by atoms with van der Waals surface area (Å²) in [6, 6.07) is 14.9. The molecule has 1 saturated heterocycles. The molecule has 3 aromatic rings. The van der Waals surface area contributed by atoms with Gasteiger partial charge in [-0.3, -0.25) is 9.59 Å². The number of methoxy groups -OCH3 is 1. The Kier molecular flexibility index (Phi) is 5.08. The van der Waals surface area contributed by atoms with Gasteiger partial charge in [-0.05, 0) is 36.4 Å². The van der Waals surface area contributed by atoms with Crippen molar-refractivity contribution < 1.29 is 14.3 Å². The number of rotatable bonds is 5. The maximum absolute atomic E-state index is 12.7. The summed E-state index contributed by atoms with van der Waals surface area (Å²) in [5, 5.41) is 5.77. The number of anilines is 2. The van der Waals surface area contributed by atoms with Gasteiger partial charge in [-0.2, -0.15) is 0 Å². The van der Waals surface area contributed by atoms with Crippen molar-refractivity contribution >= 4 is 34.5 Å². The molecule has 142 valence electrons. The molecule has 1 N–H and O–H groups in total. The number of carbonyl (C=O) groups excluding carboxylic acids is 2. The molecule has 1 atom stereocenters. The van der Waals surface area contributed by atoms with Crippen molar-refractivity contribution in [2.24, 2.45) is 5.92 Å². The van der Waals surface area contributed by atoms with Crippen LogP contribution in [0.25, 0.3) is 10.6 Å². The zero-order valence-electron chi connectivity index (χ0n) is 15.3. The van der Waals surface area contributed by atoms with Gasteiger partial charge in [-0.25, -0.2) is 4.98 Å². The lowest BCUT2D eigenvalue weighted by Gasteiger charge is -2.19. The van der Waals surface area contributed by atoms with Gasteiger partial charge in [0.05, 0.1) is 18.7 Å². The Morgan fingerprint density at radius 3 is 2.71 bits per heavy atom. The number of benzene rings is 2. The Hall–Kier alpha value is -3.19. The second-order valence-electron chi connectivity index (χ2n) is 6.48. The summed E-state index contributed by atoms with van der Waals surface area (Å²) in [7, 11) is 1.57. The Bertz CT molecular complexity index is 986. The van der Waals surface area contributed by atoms with Crippen LogP contribution in [-0.2, 0) is 9.59 Å². The Morgan fingerprint density at radius 2 is 2.00 bits per heavy atom. The molecule has 2 amide bonds. The Morgan fingerprint density at radius 1 is 1.21 bits per heavy atom. The fourth-order valence-electron chi connectivity index (χ4n) is 3.28. The molecule has 1 aromatic heterocycles. The third-order valence-electron chi connectivity index (χ3n) is 4.70. The van der Waals surface area contributed by atoms with Gasteiger partial charge in [0.25, 0.3) is 0 Å². The van der Waals surface area contributed by atoms with Crippen LogP contribution in [0.3, 0.4) is 0 Å². The first-order chi connectivity index (χ1) is 13.7. The number of ether oxygens (including phenoxy) is 1. The van der Waals surface area contributed by atoms with E-state index in [9.17, 15) is 9.59 Å². The minimum absolute atomic E-state index is 0.0798.